The monoisotopic (exact) mass is 399 g/mol. The Morgan fingerprint density at radius 3 is 2.73 bits per heavy atom. The van der Waals surface area contributed by atoms with Gasteiger partial charge in [0.2, 0.25) is 0 Å². The van der Waals surface area contributed by atoms with Crippen LogP contribution >= 0.6 is 0 Å². The van der Waals surface area contributed by atoms with Crippen LogP contribution in [0.5, 0.6) is 0 Å². The highest BCUT2D eigenvalue weighted by Gasteiger charge is 2.21. The number of aromatic nitrogens is 5. The Labute approximate surface area is 173 Å². The van der Waals surface area contributed by atoms with Gasteiger partial charge in [0.15, 0.2) is 0 Å². The van der Waals surface area contributed by atoms with Crippen LogP contribution in [0.3, 0.4) is 0 Å². The number of hydrogen-bond donors (Lipinski definition) is 2. The van der Waals surface area contributed by atoms with Crippen molar-refractivity contribution in [1.29, 1.82) is 5.26 Å². The largest absolute Gasteiger partial charge is 0.396 e. The highest BCUT2D eigenvalue weighted by Crippen LogP contribution is 2.38. The Morgan fingerprint density at radius 2 is 2.07 bits per heavy atom. The predicted molar refractivity (Wildman–Crippen MR) is 116 cm³/mol. The number of hydrogen-bond acceptors (Lipinski definition) is 6. The van der Waals surface area contributed by atoms with Gasteiger partial charge >= 0.3 is 0 Å². The molecule has 0 radical (unpaired) electrons. The maximum atomic E-state index is 9.77. The van der Waals surface area contributed by atoms with Crippen LogP contribution in [0.2, 0.25) is 0 Å². The average molecular weight is 399 g/mol. The van der Waals surface area contributed by atoms with Gasteiger partial charge in [-0.1, -0.05) is 29.8 Å². The Bertz CT molecular complexity index is 1250. The molecule has 3 N–H and O–H groups in total. The van der Waals surface area contributed by atoms with Crippen molar-refractivity contribution in [2.75, 3.05) is 12.3 Å². The summed E-state index contributed by atoms with van der Waals surface area (Å²) in [6.07, 6.45) is 7.08. The molecule has 1 aromatic carbocycles. The zero-order chi connectivity index (χ0) is 21.1. The van der Waals surface area contributed by atoms with Gasteiger partial charge in [-0.15, -0.1) is 0 Å². The molecule has 3 heterocycles. The number of anilines is 1. The van der Waals surface area contributed by atoms with Gasteiger partial charge in [-0.05, 0) is 31.1 Å². The molecule has 0 spiro atoms. The maximum Gasteiger partial charge on any atom is 0.146 e. The molecule has 0 aliphatic rings. The first kappa shape index (κ1) is 19.4. The minimum Gasteiger partial charge on any atom is -0.396 e. The van der Waals surface area contributed by atoms with Crippen molar-refractivity contribution in [3.8, 4) is 17.2 Å². The second-order valence-corrected chi connectivity index (χ2v) is 6.90. The van der Waals surface area contributed by atoms with Crippen molar-refractivity contribution in [3.63, 3.8) is 0 Å². The standard InChI is InChI=1S/C22H21N7O/c1-15-4-6-16(7-5-15)19-18(12-17(13-23)29-10-2-8-27-29)28(9-3-11-30)22-20(19)21(24)25-14-26-22/h2,4-8,10,12,14,30H,3,9,11H2,1H3,(H2,24,25,26)/b17-12-. The Hall–Kier alpha value is -3.96. The highest BCUT2D eigenvalue weighted by molar-refractivity contribution is 6.05. The molecule has 0 unspecified atom stereocenters. The van der Waals surface area contributed by atoms with Gasteiger partial charge in [-0.2, -0.15) is 10.4 Å². The number of fused-ring (bicyclic) bond motifs is 1. The van der Waals surface area contributed by atoms with Gasteiger partial charge in [0.25, 0.3) is 0 Å². The summed E-state index contributed by atoms with van der Waals surface area (Å²) in [5.74, 6) is 0.366. The minimum absolute atomic E-state index is 0.0352. The molecule has 4 aromatic rings. The first-order valence-electron chi connectivity index (χ1n) is 9.56. The molecule has 8 nitrogen and oxygen atoms in total. The van der Waals surface area contributed by atoms with Crippen molar-refractivity contribution in [2.45, 2.75) is 19.9 Å². The van der Waals surface area contributed by atoms with Crippen LogP contribution in [0.25, 0.3) is 33.9 Å². The number of nitrogen functional groups attached to an aromatic ring is 1. The van der Waals surface area contributed by atoms with E-state index >= 15 is 0 Å². The smallest absolute Gasteiger partial charge is 0.146 e. The van der Waals surface area contributed by atoms with E-state index in [9.17, 15) is 10.4 Å². The van der Waals surface area contributed by atoms with E-state index in [0.717, 1.165) is 27.8 Å². The van der Waals surface area contributed by atoms with Crippen LogP contribution in [0, 0.1) is 18.3 Å². The fourth-order valence-corrected chi connectivity index (χ4v) is 3.52. The average Bonchev–Trinajstić information content (AvgIpc) is 3.38. The molecule has 0 aliphatic heterocycles. The number of nitrogens with two attached hydrogens (primary N) is 1. The highest BCUT2D eigenvalue weighted by atomic mass is 16.3. The van der Waals surface area contributed by atoms with E-state index in [0.29, 0.717) is 30.1 Å². The van der Waals surface area contributed by atoms with Crippen LogP contribution in [0.15, 0.2) is 49.1 Å². The normalized spacial score (nSPS) is 11.7. The molecule has 0 saturated carbocycles. The SMILES string of the molecule is Cc1ccc(-c2c(/C=C(/C#N)n3cccn3)n(CCCO)c3ncnc(N)c23)cc1. The second kappa shape index (κ2) is 8.19. The summed E-state index contributed by atoms with van der Waals surface area (Å²) in [5.41, 5.74) is 11.0. The first-order valence-corrected chi connectivity index (χ1v) is 9.56. The molecule has 4 rings (SSSR count). The third kappa shape index (κ3) is 3.43. The molecular weight excluding hydrogens is 378 g/mol. The third-order valence-corrected chi connectivity index (χ3v) is 4.93. The van der Waals surface area contributed by atoms with Gasteiger partial charge < -0.3 is 15.4 Å². The Morgan fingerprint density at radius 1 is 1.27 bits per heavy atom. The van der Waals surface area contributed by atoms with Crippen LogP contribution < -0.4 is 5.73 Å². The summed E-state index contributed by atoms with van der Waals surface area (Å²) in [6, 6.07) is 12.1. The molecule has 0 amide bonds. The molecule has 30 heavy (non-hydrogen) atoms. The van der Waals surface area contributed by atoms with E-state index in [2.05, 4.69) is 21.1 Å². The van der Waals surface area contributed by atoms with E-state index in [4.69, 9.17) is 5.73 Å². The number of rotatable bonds is 6. The molecule has 0 aliphatic carbocycles. The number of aliphatic hydroxyl groups is 1. The van der Waals surface area contributed by atoms with Gasteiger partial charge in [-0.25, -0.2) is 14.6 Å². The Balaban J connectivity index is 2.08. The van der Waals surface area contributed by atoms with Crippen molar-refractivity contribution < 1.29 is 5.11 Å². The number of benzene rings is 1. The molecule has 8 heteroatoms. The summed E-state index contributed by atoms with van der Waals surface area (Å²) in [5, 5.41) is 24.1. The summed E-state index contributed by atoms with van der Waals surface area (Å²) in [7, 11) is 0. The number of nitriles is 1. The van der Waals surface area contributed by atoms with E-state index in [1.54, 1.807) is 24.5 Å². The van der Waals surface area contributed by atoms with E-state index in [1.807, 2.05) is 35.8 Å². The van der Waals surface area contributed by atoms with Crippen LogP contribution in [0.1, 0.15) is 17.7 Å². The Kier molecular flexibility index (Phi) is 5.28. The van der Waals surface area contributed by atoms with Gasteiger partial charge in [0.1, 0.15) is 29.6 Å². The summed E-state index contributed by atoms with van der Waals surface area (Å²) >= 11 is 0. The first-order chi connectivity index (χ1) is 14.6. The van der Waals surface area contributed by atoms with Crippen LogP contribution in [0.4, 0.5) is 5.82 Å². The number of allylic oxidation sites excluding steroid dienone is 1. The molecular formula is C22H21N7O. The van der Waals surface area contributed by atoms with E-state index in [1.165, 1.54) is 11.0 Å². The second-order valence-electron chi connectivity index (χ2n) is 6.90. The van der Waals surface area contributed by atoms with Gasteiger partial charge in [-0.3, -0.25) is 0 Å². The number of nitrogens with zero attached hydrogens (tertiary/aromatic N) is 6. The minimum atomic E-state index is 0.0352. The lowest BCUT2D eigenvalue weighted by molar-refractivity contribution is 0.280. The fourth-order valence-electron chi connectivity index (χ4n) is 3.52. The quantitative estimate of drug-likeness (QED) is 0.481. The molecule has 0 atom stereocenters. The predicted octanol–water partition coefficient (Wildman–Crippen LogP) is 3.09. The molecule has 0 fully saturated rings. The van der Waals surface area contributed by atoms with Crippen molar-refractivity contribution in [1.82, 2.24) is 24.3 Å². The molecule has 0 saturated heterocycles. The van der Waals surface area contributed by atoms with E-state index < -0.39 is 0 Å². The summed E-state index contributed by atoms with van der Waals surface area (Å²) < 4.78 is 3.49. The van der Waals surface area contributed by atoms with Gasteiger partial charge in [0.05, 0.1) is 11.1 Å². The number of aliphatic hydroxyl groups excluding tert-OH is 1. The fraction of sp³-hybridized carbons (Fsp3) is 0.182. The van der Waals surface area contributed by atoms with E-state index in [-0.39, 0.29) is 6.61 Å². The summed E-state index contributed by atoms with van der Waals surface area (Å²) in [4.78, 5) is 8.67. The molecule has 150 valence electrons. The third-order valence-electron chi connectivity index (χ3n) is 4.93. The number of aryl methyl sites for hydroxylation is 2. The lowest BCUT2D eigenvalue weighted by Gasteiger charge is -2.09. The van der Waals surface area contributed by atoms with Gasteiger partial charge in [0, 0.05) is 31.1 Å². The van der Waals surface area contributed by atoms with Crippen molar-refractivity contribution in [3.05, 3.63) is 60.3 Å². The summed E-state index contributed by atoms with van der Waals surface area (Å²) in [6.45, 7) is 2.57. The zero-order valence-corrected chi connectivity index (χ0v) is 16.5. The lowest BCUT2D eigenvalue weighted by Crippen LogP contribution is -2.05. The molecule has 3 aromatic heterocycles. The van der Waals surface area contributed by atoms with Crippen molar-refractivity contribution >= 4 is 28.6 Å². The van der Waals surface area contributed by atoms with Crippen LogP contribution in [-0.4, -0.2) is 36.0 Å². The maximum absolute atomic E-state index is 9.77. The van der Waals surface area contributed by atoms with Crippen molar-refractivity contribution in [2.24, 2.45) is 0 Å². The zero-order valence-electron chi connectivity index (χ0n) is 16.5. The van der Waals surface area contributed by atoms with Crippen LogP contribution in [-0.2, 0) is 6.54 Å². The lowest BCUT2D eigenvalue weighted by atomic mass is 10.0. The topological polar surface area (TPSA) is 119 Å². The molecule has 0 bridgehead atoms.